The van der Waals surface area contributed by atoms with Gasteiger partial charge in [0.2, 0.25) is 5.12 Å². The average molecular weight is 613 g/mol. The average Bonchev–Trinajstić information content (AvgIpc) is 3.42. The molecule has 15 heteroatoms. The van der Waals surface area contributed by atoms with Crippen LogP contribution in [-0.4, -0.2) is 70.6 Å². The van der Waals surface area contributed by atoms with E-state index in [9.17, 15) is 23.7 Å². The number of fused-ring (bicyclic) bond motifs is 1. The maximum Gasteiger partial charge on any atom is 0.474 e. The molecule has 224 valence electrons. The Morgan fingerprint density at radius 2 is 1.78 bits per heavy atom. The summed E-state index contributed by atoms with van der Waals surface area (Å²) in [6, 6.07) is 9.78. The molecule has 2 aliphatic rings. The number of aromatic nitrogens is 2. The minimum Gasteiger partial charge on any atom is -0.346 e. The molecule has 2 aromatic rings. The molecule has 1 unspecified atom stereocenters. The molecule has 2 saturated heterocycles. The molecule has 1 aromatic heterocycles. The Bertz CT molecular complexity index is 1420. The maximum absolute atomic E-state index is 13.3. The number of carbonyl (C=O) groups excluding carboxylic acids is 2. The molecule has 0 saturated carbocycles. The van der Waals surface area contributed by atoms with Crippen LogP contribution in [0.15, 0.2) is 52.2 Å². The summed E-state index contributed by atoms with van der Waals surface area (Å²) in [4.78, 5) is 51.3. The second-order valence-corrected chi connectivity index (χ2v) is 13.3. The van der Waals surface area contributed by atoms with E-state index in [-0.39, 0.29) is 29.9 Å². The molecule has 2 aliphatic heterocycles. The first kappa shape index (κ1) is 31.5. The summed E-state index contributed by atoms with van der Waals surface area (Å²) in [5.41, 5.74) is -1.89. The molecule has 1 N–H and O–H groups in total. The number of nitrogens with one attached hydrogen (secondary N) is 1. The first-order chi connectivity index (χ1) is 19.2. The number of nitrogens with zero attached hydrogens (tertiary/aromatic N) is 1. The molecule has 2 fully saturated rings. The summed E-state index contributed by atoms with van der Waals surface area (Å²) in [5, 5.41) is -0.236. The Morgan fingerprint density at radius 1 is 1.10 bits per heavy atom. The largest absolute Gasteiger partial charge is 0.474 e. The SMILES string of the molecule is COP(=O)(OC[C@H]1O[C@@H](n2ccc(=O)[nH]c2=O)[C@@H]2OC(C)(C)O[C@@H]21)OCC(C)(C)C(=O)CSC(=O)c1ccccc1. The minimum atomic E-state index is -4.17. The number of hydrogen-bond donors (Lipinski definition) is 1. The van der Waals surface area contributed by atoms with E-state index >= 15 is 0 Å². The number of aromatic amines is 1. The molecular formula is C26H33N2O11PS. The third-order valence-electron chi connectivity index (χ3n) is 6.55. The second-order valence-electron chi connectivity index (χ2n) is 10.6. The molecule has 0 spiro atoms. The Hall–Kier alpha value is -2.42. The van der Waals surface area contributed by atoms with Gasteiger partial charge in [-0.1, -0.05) is 55.9 Å². The highest BCUT2D eigenvalue weighted by atomic mass is 32.2. The van der Waals surface area contributed by atoms with Crippen LogP contribution in [0.2, 0.25) is 0 Å². The van der Waals surface area contributed by atoms with Crippen LogP contribution in [0.3, 0.4) is 0 Å². The number of phosphoric acid groups is 1. The molecule has 0 aliphatic carbocycles. The molecular weight excluding hydrogens is 579 g/mol. The first-order valence-corrected chi connectivity index (χ1v) is 15.2. The van der Waals surface area contributed by atoms with Crippen molar-refractivity contribution < 1.29 is 41.9 Å². The molecule has 41 heavy (non-hydrogen) atoms. The van der Waals surface area contributed by atoms with E-state index in [4.69, 9.17) is 27.8 Å². The Morgan fingerprint density at radius 3 is 2.44 bits per heavy atom. The van der Waals surface area contributed by atoms with Crippen LogP contribution in [0, 0.1) is 5.41 Å². The van der Waals surface area contributed by atoms with Crippen molar-refractivity contribution in [2.75, 3.05) is 26.1 Å². The molecule has 5 atom stereocenters. The zero-order valence-electron chi connectivity index (χ0n) is 23.3. The Balaban J connectivity index is 1.36. The maximum atomic E-state index is 13.3. The highest BCUT2D eigenvalue weighted by molar-refractivity contribution is 8.14. The number of H-pyrrole nitrogens is 1. The molecule has 4 rings (SSSR count). The quantitative estimate of drug-likeness (QED) is 0.350. The number of ether oxygens (including phenoxy) is 3. The lowest BCUT2D eigenvalue weighted by molar-refractivity contribution is -0.200. The summed E-state index contributed by atoms with van der Waals surface area (Å²) in [6.07, 6.45) is -1.98. The van der Waals surface area contributed by atoms with E-state index in [1.54, 1.807) is 58.0 Å². The van der Waals surface area contributed by atoms with Crippen molar-refractivity contribution >= 4 is 30.5 Å². The normalized spacial score (nSPS) is 25.0. The molecule has 13 nitrogen and oxygen atoms in total. The van der Waals surface area contributed by atoms with Gasteiger partial charge in [-0.2, -0.15) is 0 Å². The summed E-state index contributed by atoms with van der Waals surface area (Å²) in [5.74, 6) is -1.39. The fourth-order valence-corrected chi connectivity index (χ4v) is 6.31. The fourth-order valence-electron chi connectivity index (χ4n) is 4.26. The number of benzene rings is 1. The monoisotopic (exact) mass is 612 g/mol. The van der Waals surface area contributed by atoms with Gasteiger partial charge in [0.15, 0.2) is 17.8 Å². The molecule has 0 radical (unpaired) electrons. The van der Waals surface area contributed by atoms with Gasteiger partial charge in [-0.25, -0.2) is 9.36 Å². The van der Waals surface area contributed by atoms with Crippen molar-refractivity contribution in [3.63, 3.8) is 0 Å². The number of carbonyl (C=O) groups is 2. The van der Waals surface area contributed by atoms with E-state index in [2.05, 4.69) is 4.98 Å². The summed E-state index contributed by atoms with van der Waals surface area (Å²) < 4.78 is 48.4. The number of Topliss-reactive ketones (excluding diaryl/α,β-unsaturated/α-hetero) is 1. The number of hydrogen-bond acceptors (Lipinski definition) is 12. The van der Waals surface area contributed by atoms with Crippen molar-refractivity contribution in [1.82, 2.24) is 9.55 Å². The van der Waals surface area contributed by atoms with Gasteiger partial charge < -0.3 is 14.2 Å². The summed E-state index contributed by atoms with van der Waals surface area (Å²) in [7, 11) is -3.03. The van der Waals surface area contributed by atoms with Gasteiger partial charge in [-0.3, -0.25) is 37.5 Å². The Labute approximate surface area is 240 Å². The first-order valence-electron chi connectivity index (χ1n) is 12.8. The van der Waals surface area contributed by atoms with Crippen LogP contribution in [0.5, 0.6) is 0 Å². The van der Waals surface area contributed by atoms with Gasteiger partial charge in [-0.05, 0) is 13.8 Å². The number of thioether (sulfide) groups is 1. The number of phosphoric ester groups is 1. The van der Waals surface area contributed by atoms with Crippen LogP contribution in [0.4, 0.5) is 0 Å². The zero-order chi connectivity index (χ0) is 30.0. The standard InChI is InChI=1S/C26H33N2O11PS/c1-25(2,18(29)14-41-23(31)16-9-7-6-8-10-16)15-36-40(33,34-5)35-13-17-20-21(39-26(3,4)38-20)22(37-17)28-12-11-19(30)27-24(28)32/h6-12,17,20-22H,13-15H2,1-5H3,(H,27,30,32)/t17-,20-,21-,22-,40?/m1/s1. The predicted molar refractivity (Wildman–Crippen MR) is 148 cm³/mol. The lowest BCUT2D eigenvalue weighted by Gasteiger charge is -2.27. The van der Waals surface area contributed by atoms with Crippen LogP contribution >= 0.6 is 19.6 Å². The van der Waals surface area contributed by atoms with E-state index in [1.807, 2.05) is 0 Å². The van der Waals surface area contributed by atoms with E-state index in [0.29, 0.717) is 5.56 Å². The van der Waals surface area contributed by atoms with Gasteiger partial charge in [-0.15, -0.1) is 0 Å². The molecule has 3 heterocycles. The lowest BCUT2D eigenvalue weighted by Crippen LogP contribution is -2.37. The van der Waals surface area contributed by atoms with E-state index < -0.39 is 54.8 Å². The van der Waals surface area contributed by atoms with Gasteiger partial charge in [0.1, 0.15) is 18.3 Å². The van der Waals surface area contributed by atoms with Crippen molar-refractivity contribution in [2.24, 2.45) is 5.41 Å². The van der Waals surface area contributed by atoms with Crippen LogP contribution < -0.4 is 11.2 Å². The smallest absolute Gasteiger partial charge is 0.346 e. The van der Waals surface area contributed by atoms with E-state index in [1.165, 1.54) is 16.8 Å². The zero-order valence-corrected chi connectivity index (χ0v) is 25.0. The molecule has 0 amide bonds. The second kappa shape index (κ2) is 12.4. The van der Waals surface area contributed by atoms with Gasteiger partial charge in [0.25, 0.3) is 5.56 Å². The number of ketones is 1. The van der Waals surface area contributed by atoms with Crippen LogP contribution in [0.25, 0.3) is 0 Å². The fraction of sp³-hybridized carbons (Fsp3) is 0.538. The van der Waals surface area contributed by atoms with Crippen molar-refractivity contribution in [3.05, 3.63) is 69.0 Å². The summed E-state index contributed by atoms with van der Waals surface area (Å²) in [6.45, 7) is 5.97. The summed E-state index contributed by atoms with van der Waals surface area (Å²) >= 11 is 0.878. The molecule has 1 aromatic carbocycles. The van der Waals surface area contributed by atoms with E-state index in [0.717, 1.165) is 18.9 Å². The van der Waals surface area contributed by atoms with Gasteiger partial charge in [0, 0.05) is 30.4 Å². The van der Waals surface area contributed by atoms with Crippen molar-refractivity contribution in [1.29, 1.82) is 0 Å². The third kappa shape index (κ3) is 7.51. The highest BCUT2D eigenvalue weighted by Crippen LogP contribution is 2.51. The topological polar surface area (TPSA) is 161 Å². The van der Waals surface area contributed by atoms with Crippen LogP contribution in [0.1, 0.15) is 44.3 Å². The van der Waals surface area contributed by atoms with Crippen molar-refractivity contribution in [2.45, 2.75) is 58.0 Å². The lowest BCUT2D eigenvalue weighted by atomic mass is 9.90. The Kier molecular flexibility index (Phi) is 9.56. The van der Waals surface area contributed by atoms with Crippen molar-refractivity contribution in [3.8, 4) is 0 Å². The highest BCUT2D eigenvalue weighted by Gasteiger charge is 2.56. The third-order valence-corrected chi connectivity index (χ3v) is 8.82. The molecule has 0 bridgehead atoms. The minimum absolute atomic E-state index is 0.0974. The predicted octanol–water partition coefficient (Wildman–Crippen LogP) is 2.91. The van der Waals surface area contributed by atoms with Gasteiger partial charge in [0.05, 0.1) is 19.0 Å². The van der Waals surface area contributed by atoms with Crippen LogP contribution in [-0.2, 0) is 37.1 Å². The van der Waals surface area contributed by atoms with Gasteiger partial charge >= 0.3 is 13.5 Å². The number of rotatable bonds is 12.